The lowest BCUT2D eigenvalue weighted by molar-refractivity contribution is 0.0632. The van der Waals surface area contributed by atoms with Crippen LogP contribution in [0.5, 0.6) is 0 Å². The second-order valence-electron chi connectivity index (χ2n) is 8.51. The van der Waals surface area contributed by atoms with Gasteiger partial charge >= 0.3 is 0 Å². The smallest absolute Gasteiger partial charge is 0.257 e. The molecule has 29 heavy (non-hydrogen) atoms. The largest absolute Gasteiger partial charge is 0.385 e. The predicted octanol–water partition coefficient (Wildman–Crippen LogP) is 3.48. The molecule has 0 aliphatic carbocycles. The summed E-state index contributed by atoms with van der Waals surface area (Å²) < 4.78 is 0. The highest BCUT2D eigenvalue weighted by atomic mass is 16.2. The lowest BCUT2D eigenvalue weighted by atomic mass is 10.1. The van der Waals surface area contributed by atoms with Gasteiger partial charge in [0.25, 0.3) is 5.91 Å². The number of aryl methyl sites for hydroxylation is 1. The van der Waals surface area contributed by atoms with Gasteiger partial charge in [0.2, 0.25) is 0 Å². The first-order valence-corrected chi connectivity index (χ1v) is 10.7. The first-order valence-electron chi connectivity index (χ1n) is 10.7. The van der Waals surface area contributed by atoms with Gasteiger partial charge in [-0.15, -0.1) is 0 Å². The molecule has 2 atom stereocenters. The lowest BCUT2D eigenvalue weighted by Crippen LogP contribution is -2.48. The van der Waals surface area contributed by atoms with Crippen molar-refractivity contribution in [1.82, 2.24) is 19.8 Å². The monoisotopic (exact) mass is 393 g/mol. The Balaban J connectivity index is 1.71. The third-order valence-electron chi connectivity index (χ3n) is 6.30. The Morgan fingerprint density at radius 2 is 1.97 bits per heavy atom. The Kier molecular flexibility index (Phi) is 5.81. The first kappa shape index (κ1) is 19.8. The van der Waals surface area contributed by atoms with E-state index in [0.29, 0.717) is 30.2 Å². The Labute approximate surface area is 173 Å². The fourth-order valence-electron chi connectivity index (χ4n) is 4.96. The van der Waals surface area contributed by atoms with E-state index < -0.39 is 0 Å². The molecule has 0 spiro atoms. The molecular weight excluding hydrogens is 362 g/mol. The second kappa shape index (κ2) is 8.49. The molecule has 154 valence electrons. The number of benzene rings is 1. The number of para-hydroxylation sites is 1. The summed E-state index contributed by atoms with van der Waals surface area (Å²) >= 11 is 0. The highest BCUT2D eigenvalue weighted by molar-refractivity contribution is 5.95. The van der Waals surface area contributed by atoms with Gasteiger partial charge in [-0.05, 0) is 51.7 Å². The highest BCUT2D eigenvalue weighted by Gasteiger charge is 2.37. The van der Waals surface area contributed by atoms with Gasteiger partial charge < -0.3 is 10.2 Å². The number of hydrogen-bond donors (Lipinski definition) is 1. The number of anilines is 1. The number of carbonyl (C=O) groups is 1. The van der Waals surface area contributed by atoms with Gasteiger partial charge in [0.15, 0.2) is 0 Å². The number of nitrogens with zero attached hydrogens (tertiary/aromatic N) is 4. The van der Waals surface area contributed by atoms with Crippen molar-refractivity contribution in [2.45, 2.75) is 64.7 Å². The summed E-state index contributed by atoms with van der Waals surface area (Å²) in [5.41, 5.74) is 3.61. The first-order chi connectivity index (χ1) is 14.0. The van der Waals surface area contributed by atoms with Crippen molar-refractivity contribution in [2.24, 2.45) is 0 Å². The summed E-state index contributed by atoms with van der Waals surface area (Å²) in [5.74, 6) is 0.0179. The minimum Gasteiger partial charge on any atom is -0.385 e. The van der Waals surface area contributed by atoms with Crippen molar-refractivity contribution in [3.8, 4) is 0 Å². The van der Waals surface area contributed by atoms with Crippen LogP contribution in [0.2, 0.25) is 0 Å². The van der Waals surface area contributed by atoms with Gasteiger partial charge in [0, 0.05) is 49.6 Å². The molecule has 1 aromatic carbocycles. The Morgan fingerprint density at radius 3 is 2.76 bits per heavy atom. The molecule has 2 aliphatic heterocycles. The Morgan fingerprint density at radius 1 is 1.17 bits per heavy atom. The molecule has 1 amide bonds. The van der Waals surface area contributed by atoms with Gasteiger partial charge in [-0.3, -0.25) is 9.69 Å². The van der Waals surface area contributed by atoms with E-state index in [4.69, 9.17) is 0 Å². The van der Waals surface area contributed by atoms with Crippen LogP contribution in [0.1, 0.15) is 54.7 Å². The zero-order chi connectivity index (χ0) is 20.4. The van der Waals surface area contributed by atoms with E-state index in [2.05, 4.69) is 52.2 Å². The van der Waals surface area contributed by atoms with E-state index in [1.807, 2.05) is 17.9 Å². The summed E-state index contributed by atoms with van der Waals surface area (Å²) in [6.07, 6.45) is 6.61. The molecule has 2 aromatic rings. The summed E-state index contributed by atoms with van der Waals surface area (Å²) in [6, 6.07) is 9.76. The van der Waals surface area contributed by atoms with Crippen molar-refractivity contribution in [3.63, 3.8) is 0 Å². The van der Waals surface area contributed by atoms with Crippen LogP contribution in [-0.4, -0.2) is 56.9 Å². The van der Waals surface area contributed by atoms with E-state index in [0.717, 1.165) is 42.9 Å². The maximum Gasteiger partial charge on any atom is 0.257 e. The number of hydrogen-bond acceptors (Lipinski definition) is 5. The summed E-state index contributed by atoms with van der Waals surface area (Å²) in [7, 11) is 0. The Hall–Kier alpha value is -2.47. The molecule has 3 heterocycles. The van der Waals surface area contributed by atoms with E-state index in [9.17, 15) is 4.79 Å². The number of rotatable bonds is 2. The quantitative estimate of drug-likeness (QED) is 0.846. The Bertz CT molecular complexity index is 868. The molecule has 2 aliphatic rings. The fraction of sp³-hybridized carbons (Fsp3) is 0.522. The topological polar surface area (TPSA) is 61.4 Å². The van der Waals surface area contributed by atoms with E-state index >= 15 is 0 Å². The standard InChI is InChI=1S/C23H31N5O/c1-16(2)28-19-8-9-20(28)14-27(23(29)21-12-24-15-26-17(21)3)13-18-6-4-5-7-22(18)25-11-10-19/h4-7,12,15-16,19-20,25H,8-11,13-14H2,1-3H3/t19-,20+/m1/s1. The molecule has 4 rings (SSSR count). The molecule has 6 heteroatoms. The zero-order valence-corrected chi connectivity index (χ0v) is 17.6. The van der Waals surface area contributed by atoms with Crippen LogP contribution >= 0.6 is 0 Å². The van der Waals surface area contributed by atoms with Gasteiger partial charge in [-0.1, -0.05) is 18.2 Å². The maximum atomic E-state index is 13.5. The van der Waals surface area contributed by atoms with Crippen LogP contribution in [0.15, 0.2) is 36.8 Å². The number of nitrogens with one attached hydrogen (secondary N) is 1. The van der Waals surface area contributed by atoms with Crippen molar-refractivity contribution in [2.75, 3.05) is 18.4 Å². The third-order valence-corrected chi connectivity index (χ3v) is 6.30. The maximum absolute atomic E-state index is 13.5. The summed E-state index contributed by atoms with van der Waals surface area (Å²) in [5, 5.41) is 3.62. The summed E-state index contributed by atoms with van der Waals surface area (Å²) in [6.45, 7) is 8.70. The van der Waals surface area contributed by atoms with Crippen molar-refractivity contribution < 1.29 is 4.79 Å². The molecule has 2 bridgehead atoms. The molecule has 1 aromatic heterocycles. The van der Waals surface area contributed by atoms with E-state index in [1.54, 1.807) is 6.20 Å². The van der Waals surface area contributed by atoms with Gasteiger partial charge in [0.05, 0.1) is 11.3 Å². The van der Waals surface area contributed by atoms with Crippen LogP contribution in [0.25, 0.3) is 0 Å². The number of amides is 1. The average molecular weight is 394 g/mol. The highest BCUT2D eigenvalue weighted by Crippen LogP contribution is 2.31. The molecule has 1 N–H and O–H groups in total. The number of fused-ring (bicyclic) bond motifs is 3. The summed E-state index contributed by atoms with van der Waals surface area (Å²) in [4.78, 5) is 26.5. The molecular formula is C23H31N5O. The normalized spacial score (nSPS) is 22.7. The minimum absolute atomic E-state index is 0.0179. The zero-order valence-electron chi connectivity index (χ0n) is 17.6. The van der Waals surface area contributed by atoms with Crippen molar-refractivity contribution in [1.29, 1.82) is 0 Å². The average Bonchev–Trinajstić information content (AvgIpc) is 3.09. The van der Waals surface area contributed by atoms with Gasteiger partial charge in [-0.2, -0.15) is 0 Å². The SMILES string of the molecule is Cc1ncncc1C(=O)N1Cc2ccccc2NCC[C@H]2CC[C@@H](C1)N2C(C)C. The van der Waals surface area contributed by atoms with E-state index in [1.165, 1.54) is 12.7 Å². The molecule has 6 nitrogen and oxygen atoms in total. The van der Waals surface area contributed by atoms with Crippen LogP contribution in [0, 0.1) is 6.92 Å². The molecule has 1 fully saturated rings. The second-order valence-corrected chi connectivity index (χ2v) is 8.51. The minimum atomic E-state index is 0.0179. The van der Waals surface area contributed by atoms with Crippen LogP contribution in [0.4, 0.5) is 5.69 Å². The molecule has 1 saturated heterocycles. The van der Waals surface area contributed by atoms with Crippen molar-refractivity contribution in [3.05, 3.63) is 53.6 Å². The predicted molar refractivity (Wildman–Crippen MR) is 115 cm³/mol. The molecule has 0 saturated carbocycles. The van der Waals surface area contributed by atoms with Crippen LogP contribution in [-0.2, 0) is 6.54 Å². The van der Waals surface area contributed by atoms with Gasteiger partial charge in [-0.25, -0.2) is 9.97 Å². The van der Waals surface area contributed by atoms with Crippen molar-refractivity contribution >= 4 is 11.6 Å². The van der Waals surface area contributed by atoms with Crippen LogP contribution < -0.4 is 5.32 Å². The lowest BCUT2D eigenvalue weighted by Gasteiger charge is -2.36. The number of aromatic nitrogens is 2. The van der Waals surface area contributed by atoms with E-state index in [-0.39, 0.29) is 5.91 Å². The number of carbonyl (C=O) groups excluding carboxylic acids is 1. The fourth-order valence-corrected chi connectivity index (χ4v) is 4.96. The third kappa shape index (κ3) is 4.13. The molecule has 0 radical (unpaired) electrons. The molecule has 0 unspecified atom stereocenters. The van der Waals surface area contributed by atoms with Crippen LogP contribution in [0.3, 0.4) is 0 Å². The van der Waals surface area contributed by atoms with Gasteiger partial charge in [0.1, 0.15) is 6.33 Å².